The van der Waals surface area contributed by atoms with Crippen molar-refractivity contribution in [1.29, 1.82) is 0 Å². The van der Waals surface area contributed by atoms with Gasteiger partial charge in [0.25, 0.3) is 5.69 Å². The van der Waals surface area contributed by atoms with Gasteiger partial charge in [0.2, 0.25) is 0 Å². The van der Waals surface area contributed by atoms with E-state index in [-0.39, 0.29) is 11.5 Å². The van der Waals surface area contributed by atoms with Crippen LogP contribution >= 0.6 is 0 Å². The Morgan fingerprint density at radius 1 is 1.20 bits per heavy atom. The highest BCUT2D eigenvalue weighted by Gasteiger charge is 2.28. The fourth-order valence-corrected chi connectivity index (χ4v) is 2.30. The SMILES string of the molecule is O=[N+]([O-])c1ccc2nc(C=Cc3nccn3CC(F)(F)F)ccc2c1. The number of alkyl halides is 3. The van der Waals surface area contributed by atoms with Crippen LogP contribution in [0.1, 0.15) is 11.5 Å². The lowest BCUT2D eigenvalue weighted by molar-refractivity contribution is -0.384. The Morgan fingerprint density at radius 3 is 2.72 bits per heavy atom. The molecule has 128 valence electrons. The molecule has 6 nitrogen and oxygen atoms in total. The smallest absolute Gasteiger partial charge is 0.322 e. The van der Waals surface area contributed by atoms with Crippen molar-refractivity contribution >= 4 is 28.7 Å². The average Bonchev–Trinajstić information content (AvgIpc) is 2.97. The predicted molar refractivity (Wildman–Crippen MR) is 85.6 cm³/mol. The van der Waals surface area contributed by atoms with Crippen molar-refractivity contribution in [2.24, 2.45) is 0 Å². The van der Waals surface area contributed by atoms with Gasteiger partial charge in [-0.2, -0.15) is 13.2 Å². The largest absolute Gasteiger partial charge is 0.406 e. The van der Waals surface area contributed by atoms with Gasteiger partial charge in [0.05, 0.1) is 16.1 Å². The first-order valence-electron chi connectivity index (χ1n) is 7.13. The number of imidazole rings is 1. The maximum absolute atomic E-state index is 12.5. The van der Waals surface area contributed by atoms with Crippen LogP contribution in [0.25, 0.3) is 23.1 Å². The number of hydrogen-bond donors (Lipinski definition) is 0. The zero-order valence-corrected chi connectivity index (χ0v) is 12.6. The van der Waals surface area contributed by atoms with E-state index in [0.29, 0.717) is 16.6 Å². The van der Waals surface area contributed by atoms with E-state index in [0.717, 1.165) is 4.57 Å². The molecular formula is C16H11F3N4O2. The molecule has 0 saturated carbocycles. The molecule has 0 fully saturated rings. The second-order valence-electron chi connectivity index (χ2n) is 5.23. The molecule has 0 radical (unpaired) electrons. The second-order valence-corrected chi connectivity index (χ2v) is 5.23. The van der Waals surface area contributed by atoms with Gasteiger partial charge < -0.3 is 4.57 Å². The summed E-state index contributed by atoms with van der Waals surface area (Å²) in [5, 5.41) is 11.4. The van der Waals surface area contributed by atoms with Crippen molar-refractivity contribution in [1.82, 2.24) is 14.5 Å². The maximum atomic E-state index is 12.5. The Kier molecular flexibility index (Phi) is 4.22. The number of fused-ring (bicyclic) bond motifs is 1. The number of nitro benzene ring substituents is 1. The molecule has 0 N–H and O–H groups in total. The summed E-state index contributed by atoms with van der Waals surface area (Å²) in [6.07, 6.45) is 1.18. The number of halogens is 3. The van der Waals surface area contributed by atoms with Crippen LogP contribution in [-0.4, -0.2) is 25.6 Å². The normalized spacial score (nSPS) is 12.1. The number of aromatic nitrogens is 3. The number of nitro groups is 1. The molecule has 3 aromatic rings. The monoisotopic (exact) mass is 348 g/mol. The van der Waals surface area contributed by atoms with E-state index in [1.807, 2.05) is 0 Å². The van der Waals surface area contributed by atoms with Gasteiger partial charge in [-0.3, -0.25) is 10.1 Å². The van der Waals surface area contributed by atoms with Gasteiger partial charge in [-0.25, -0.2) is 9.97 Å². The minimum Gasteiger partial charge on any atom is -0.322 e. The number of nitrogens with zero attached hydrogens (tertiary/aromatic N) is 4. The Labute approximate surface area is 139 Å². The van der Waals surface area contributed by atoms with E-state index < -0.39 is 17.6 Å². The van der Waals surface area contributed by atoms with Crippen LogP contribution < -0.4 is 0 Å². The summed E-state index contributed by atoms with van der Waals surface area (Å²) in [5.74, 6) is 0.155. The summed E-state index contributed by atoms with van der Waals surface area (Å²) in [4.78, 5) is 18.5. The van der Waals surface area contributed by atoms with Gasteiger partial charge >= 0.3 is 6.18 Å². The molecule has 0 aliphatic rings. The van der Waals surface area contributed by atoms with Crippen molar-refractivity contribution in [3.05, 3.63) is 64.4 Å². The molecule has 2 aromatic heterocycles. The Balaban J connectivity index is 1.86. The zero-order valence-electron chi connectivity index (χ0n) is 12.6. The third kappa shape index (κ3) is 4.00. The lowest BCUT2D eigenvalue weighted by Crippen LogP contribution is -2.17. The molecule has 25 heavy (non-hydrogen) atoms. The Hall–Kier alpha value is -3.23. The summed E-state index contributed by atoms with van der Waals surface area (Å²) >= 11 is 0. The van der Waals surface area contributed by atoms with Gasteiger partial charge in [-0.1, -0.05) is 6.07 Å². The highest BCUT2D eigenvalue weighted by molar-refractivity contribution is 5.82. The number of pyridine rings is 1. The van der Waals surface area contributed by atoms with Crippen LogP contribution in [0.15, 0.2) is 42.7 Å². The number of rotatable bonds is 4. The zero-order chi connectivity index (χ0) is 18.0. The van der Waals surface area contributed by atoms with Crippen molar-refractivity contribution in [2.75, 3.05) is 0 Å². The Morgan fingerprint density at radius 2 is 2.00 bits per heavy atom. The predicted octanol–water partition coefficient (Wildman–Crippen LogP) is 4.07. The highest BCUT2D eigenvalue weighted by Crippen LogP contribution is 2.21. The van der Waals surface area contributed by atoms with E-state index in [2.05, 4.69) is 9.97 Å². The molecule has 9 heteroatoms. The molecule has 0 amide bonds. The second kappa shape index (κ2) is 6.34. The van der Waals surface area contributed by atoms with Crippen LogP contribution in [0.4, 0.5) is 18.9 Å². The van der Waals surface area contributed by atoms with Crippen molar-refractivity contribution < 1.29 is 18.1 Å². The summed E-state index contributed by atoms with van der Waals surface area (Å²) in [5.41, 5.74) is 1.01. The molecule has 0 bridgehead atoms. The van der Waals surface area contributed by atoms with E-state index in [4.69, 9.17) is 0 Å². The quantitative estimate of drug-likeness (QED) is 0.526. The Bertz CT molecular complexity index is 963. The first-order chi connectivity index (χ1) is 11.8. The molecule has 0 saturated heterocycles. The minimum atomic E-state index is -4.33. The number of hydrogen-bond acceptors (Lipinski definition) is 4. The number of non-ortho nitro benzene ring substituents is 1. The lowest BCUT2D eigenvalue weighted by atomic mass is 10.2. The molecule has 0 aliphatic heterocycles. The molecule has 2 heterocycles. The van der Waals surface area contributed by atoms with Gasteiger partial charge in [0, 0.05) is 29.9 Å². The molecule has 0 spiro atoms. The van der Waals surface area contributed by atoms with Crippen LogP contribution in [0.2, 0.25) is 0 Å². The summed E-state index contributed by atoms with van der Waals surface area (Å²) in [6, 6.07) is 7.57. The van der Waals surface area contributed by atoms with E-state index in [1.165, 1.54) is 42.7 Å². The topological polar surface area (TPSA) is 73.8 Å². The fourth-order valence-electron chi connectivity index (χ4n) is 2.30. The third-order valence-corrected chi connectivity index (χ3v) is 3.41. The maximum Gasteiger partial charge on any atom is 0.406 e. The standard InChI is InChI=1S/C16H11F3N4O2/c17-16(18,19)10-22-8-7-20-15(22)6-3-12-2-1-11-9-13(23(24)25)4-5-14(11)21-12/h1-9H,10H2. The first kappa shape index (κ1) is 16.6. The summed E-state index contributed by atoms with van der Waals surface area (Å²) in [7, 11) is 0. The molecule has 0 atom stereocenters. The van der Waals surface area contributed by atoms with Gasteiger partial charge in [0.15, 0.2) is 0 Å². The molecule has 1 aromatic carbocycles. The van der Waals surface area contributed by atoms with Crippen molar-refractivity contribution in [2.45, 2.75) is 12.7 Å². The average molecular weight is 348 g/mol. The number of benzene rings is 1. The van der Waals surface area contributed by atoms with Crippen LogP contribution in [0.5, 0.6) is 0 Å². The van der Waals surface area contributed by atoms with Gasteiger partial charge in [0.1, 0.15) is 12.4 Å². The van der Waals surface area contributed by atoms with Gasteiger partial charge in [-0.15, -0.1) is 0 Å². The van der Waals surface area contributed by atoms with Crippen molar-refractivity contribution in [3.63, 3.8) is 0 Å². The van der Waals surface area contributed by atoms with E-state index in [1.54, 1.807) is 12.1 Å². The fraction of sp³-hybridized carbons (Fsp3) is 0.125. The first-order valence-corrected chi connectivity index (χ1v) is 7.13. The highest BCUT2D eigenvalue weighted by atomic mass is 19.4. The van der Waals surface area contributed by atoms with E-state index >= 15 is 0 Å². The van der Waals surface area contributed by atoms with Crippen LogP contribution in [0, 0.1) is 10.1 Å². The molecule has 3 rings (SSSR count). The van der Waals surface area contributed by atoms with Gasteiger partial charge in [-0.05, 0) is 24.3 Å². The third-order valence-electron chi connectivity index (χ3n) is 3.41. The molecule has 0 aliphatic carbocycles. The van der Waals surface area contributed by atoms with Crippen molar-refractivity contribution in [3.8, 4) is 0 Å². The molecular weight excluding hydrogens is 337 g/mol. The summed E-state index contributed by atoms with van der Waals surface area (Å²) in [6.45, 7) is -1.12. The summed E-state index contributed by atoms with van der Waals surface area (Å²) < 4.78 is 38.5. The lowest BCUT2D eigenvalue weighted by Gasteiger charge is -2.08. The van der Waals surface area contributed by atoms with Crippen LogP contribution in [-0.2, 0) is 6.54 Å². The minimum absolute atomic E-state index is 0.0354. The van der Waals surface area contributed by atoms with Crippen LogP contribution in [0.3, 0.4) is 0 Å². The molecule has 0 unspecified atom stereocenters. The van der Waals surface area contributed by atoms with E-state index in [9.17, 15) is 23.3 Å².